The van der Waals surface area contributed by atoms with Crippen molar-refractivity contribution in [2.24, 2.45) is 5.92 Å². The van der Waals surface area contributed by atoms with E-state index in [-0.39, 0.29) is 0 Å². The molecule has 2 aromatic rings. The number of hydrogen-bond donors (Lipinski definition) is 1. The van der Waals surface area contributed by atoms with Crippen molar-refractivity contribution in [1.82, 2.24) is 0 Å². The van der Waals surface area contributed by atoms with E-state index >= 15 is 0 Å². The summed E-state index contributed by atoms with van der Waals surface area (Å²) in [7, 11) is 0. The molecule has 0 saturated heterocycles. The molecule has 0 spiro atoms. The Balaban J connectivity index is 1.95. The molecule has 0 amide bonds. The zero-order valence-electron chi connectivity index (χ0n) is 14.1. The number of para-hydroxylation sites is 1. The van der Waals surface area contributed by atoms with Gasteiger partial charge in [0.25, 0.3) is 0 Å². The molecule has 22 heavy (non-hydrogen) atoms. The average Bonchev–Trinajstić information content (AvgIpc) is 2.52. The number of hydrogen-bond acceptors (Lipinski definition) is 2. The normalized spacial score (nSPS) is 11.0. The Morgan fingerprint density at radius 2 is 1.59 bits per heavy atom. The van der Waals surface area contributed by atoms with Crippen LogP contribution in [0.15, 0.2) is 48.5 Å². The second-order valence-electron chi connectivity index (χ2n) is 6.44. The second kappa shape index (κ2) is 7.88. The Hall–Kier alpha value is -1.96. The predicted molar refractivity (Wildman–Crippen MR) is 94.6 cm³/mol. The molecular weight excluding hydrogens is 270 g/mol. The molecule has 0 saturated carbocycles. The number of ether oxygens (including phenoxy) is 1. The maximum atomic E-state index is 5.72. The smallest absolute Gasteiger partial charge is 0.119 e. The Labute approximate surface area is 134 Å². The van der Waals surface area contributed by atoms with Crippen molar-refractivity contribution in [3.8, 4) is 5.75 Å². The summed E-state index contributed by atoms with van der Waals surface area (Å²) in [6, 6.07) is 16.9. The molecule has 0 aliphatic rings. The van der Waals surface area contributed by atoms with Crippen LogP contribution in [0.5, 0.6) is 5.75 Å². The third-order valence-corrected chi connectivity index (χ3v) is 3.57. The molecule has 0 aliphatic carbocycles. The summed E-state index contributed by atoms with van der Waals surface area (Å²) in [6.45, 7) is 10.4. The molecule has 0 aromatic heterocycles. The van der Waals surface area contributed by atoms with Crippen molar-refractivity contribution < 1.29 is 4.74 Å². The van der Waals surface area contributed by atoms with Crippen LogP contribution in [0, 0.1) is 5.92 Å². The molecule has 0 atom stereocenters. The summed E-state index contributed by atoms with van der Waals surface area (Å²) in [5, 5.41) is 3.54. The molecule has 0 heterocycles. The van der Waals surface area contributed by atoms with E-state index in [0.29, 0.717) is 11.8 Å². The first-order valence-electron chi connectivity index (χ1n) is 8.10. The third-order valence-electron chi connectivity index (χ3n) is 3.57. The minimum Gasteiger partial charge on any atom is -0.493 e. The highest BCUT2D eigenvalue weighted by molar-refractivity contribution is 5.52. The van der Waals surface area contributed by atoms with Gasteiger partial charge in [0.05, 0.1) is 6.61 Å². The summed E-state index contributed by atoms with van der Waals surface area (Å²) in [5.74, 6) is 2.02. The van der Waals surface area contributed by atoms with Gasteiger partial charge in [-0.1, -0.05) is 58.0 Å². The summed E-state index contributed by atoms with van der Waals surface area (Å²) < 4.78 is 5.72. The van der Waals surface area contributed by atoms with Gasteiger partial charge >= 0.3 is 0 Å². The van der Waals surface area contributed by atoms with Crippen molar-refractivity contribution in [2.75, 3.05) is 11.9 Å². The highest BCUT2D eigenvalue weighted by Crippen LogP contribution is 2.24. The van der Waals surface area contributed by atoms with Crippen LogP contribution in [-0.4, -0.2) is 6.61 Å². The predicted octanol–water partition coefficient (Wildman–Crippen LogP) is 5.46. The lowest BCUT2D eigenvalue weighted by atomic mass is 10.0. The van der Waals surface area contributed by atoms with E-state index < -0.39 is 0 Å². The fourth-order valence-corrected chi connectivity index (χ4v) is 2.33. The van der Waals surface area contributed by atoms with E-state index in [4.69, 9.17) is 4.74 Å². The van der Waals surface area contributed by atoms with Crippen LogP contribution in [0.3, 0.4) is 0 Å². The minimum absolute atomic E-state index is 0.524. The minimum atomic E-state index is 0.524. The van der Waals surface area contributed by atoms with Crippen LogP contribution in [-0.2, 0) is 6.54 Å². The summed E-state index contributed by atoms with van der Waals surface area (Å²) >= 11 is 0. The first-order valence-corrected chi connectivity index (χ1v) is 8.10. The summed E-state index contributed by atoms with van der Waals surface area (Å²) in [4.78, 5) is 0. The third kappa shape index (κ3) is 4.80. The first kappa shape index (κ1) is 16.4. The SMILES string of the molecule is CC(C)COc1ccc(CNc2ccccc2C(C)C)cc1. The van der Waals surface area contributed by atoms with E-state index in [1.807, 2.05) is 12.1 Å². The fourth-order valence-electron chi connectivity index (χ4n) is 2.33. The van der Waals surface area contributed by atoms with Gasteiger partial charge in [-0.2, -0.15) is 0 Å². The van der Waals surface area contributed by atoms with Crippen molar-refractivity contribution in [3.63, 3.8) is 0 Å². The molecule has 2 nitrogen and oxygen atoms in total. The van der Waals surface area contributed by atoms with E-state index in [0.717, 1.165) is 18.9 Å². The number of rotatable bonds is 7. The van der Waals surface area contributed by atoms with E-state index in [1.165, 1.54) is 16.8 Å². The zero-order chi connectivity index (χ0) is 15.9. The van der Waals surface area contributed by atoms with Gasteiger partial charge in [-0.3, -0.25) is 0 Å². The quantitative estimate of drug-likeness (QED) is 0.733. The van der Waals surface area contributed by atoms with Gasteiger partial charge < -0.3 is 10.1 Å². The van der Waals surface area contributed by atoms with Gasteiger partial charge in [0, 0.05) is 12.2 Å². The highest BCUT2D eigenvalue weighted by Gasteiger charge is 2.05. The molecule has 1 N–H and O–H groups in total. The molecule has 0 aliphatic heterocycles. The van der Waals surface area contributed by atoms with Gasteiger partial charge in [-0.05, 0) is 41.2 Å². The lowest BCUT2D eigenvalue weighted by Gasteiger charge is -2.15. The maximum absolute atomic E-state index is 5.72. The summed E-state index contributed by atoms with van der Waals surface area (Å²) in [6.07, 6.45) is 0. The summed E-state index contributed by atoms with van der Waals surface area (Å²) in [5.41, 5.74) is 3.84. The van der Waals surface area contributed by atoms with E-state index in [1.54, 1.807) is 0 Å². The lowest BCUT2D eigenvalue weighted by Crippen LogP contribution is -2.05. The van der Waals surface area contributed by atoms with Crippen LogP contribution in [0.4, 0.5) is 5.69 Å². The van der Waals surface area contributed by atoms with Crippen molar-refractivity contribution >= 4 is 5.69 Å². The number of anilines is 1. The van der Waals surface area contributed by atoms with Crippen molar-refractivity contribution in [2.45, 2.75) is 40.2 Å². The lowest BCUT2D eigenvalue weighted by molar-refractivity contribution is 0.271. The van der Waals surface area contributed by atoms with Crippen molar-refractivity contribution in [1.29, 1.82) is 0 Å². The largest absolute Gasteiger partial charge is 0.493 e. The Kier molecular flexibility index (Phi) is 5.88. The van der Waals surface area contributed by atoms with Crippen LogP contribution in [0.1, 0.15) is 44.7 Å². The molecular formula is C20H27NO. The monoisotopic (exact) mass is 297 g/mol. The average molecular weight is 297 g/mol. The fraction of sp³-hybridized carbons (Fsp3) is 0.400. The number of benzene rings is 2. The molecule has 2 rings (SSSR count). The van der Waals surface area contributed by atoms with Gasteiger partial charge in [0.1, 0.15) is 5.75 Å². The van der Waals surface area contributed by atoms with Gasteiger partial charge in [-0.25, -0.2) is 0 Å². The van der Waals surface area contributed by atoms with E-state index in [2.05, 4.69) is 69.4 Å². The number of nitrogens with one attached hydrogen (secondary N) is 1. The highest BCUT2D eigenvalue weighted by atomic mass is 16.5. The second-order valence-corrected chi connectivity index (χ2v) is 6.44. The van der Waals surface area contributed by atoms with Crippen LogP contribution < -0.4 is 10.1 Å². The van der Waals surface area contributed by atoms with Gasteiger partial charge in [0.15, 0.2) is 0 Å². The standard InChI is InChI=1S/C20H27NO/c1-15(2)14-22-18-11-9-17(10-12-18)13-21-20-8-6-5-7-19(20)16(3)4/h5-12,15-16,21H,13-14H2,1-4H3. The molecule has 0 fully saturated rings. The van der Waals surface area contributed by atoms with Crippen LogP contribution >= 0.6 is 0 Å². The molecule has 118 valence electrons. The van der Waals surface area contributed by atoms with Gasteiger partial charge in [-0.15, -0.1) is 0 Å². The zero-order valence-corrected chi connectivity index (χ0v) is 14.1. The molecule has 0 radical (unpaired) electrons. The molecule has 0 unspecified atom stereocenters. The van der Waals surface area contributed by atoms with Crippen LogP contribution in [0.2, 0.25) is 0 Å². The Bertz CT molecular complexity index is 573. The first-order chi connectivity index (χ1) is 10.6. The van der Waals surface area contributed by atoms with Gasteiger partial charge in [0.2, 0.25) is 0 Å². The maximum Gasteiger partial charge on any atom is 0.119 e. The molecule has 2 aromatic carbocycles. The molecule has 2 heteroatoms. The van der Waals surface area contributed by atoms with Crippen molar-refractivity contribution in [3.05, 3.63) is 59.7 Å². The van der Waals surface area contributed by atoms with Crippen LogP contribution in [0.25, 0.3) is 0 Å². The molecule has 0 bridgehead atoms. The van der Waals surface area contributed by atoms with E-state index in [9.17, 15) is 0 Å². The topological polar surface area (TPSA) is 21.3 Å². The Morgan fingerprint density at radius 1 is 0.909 bits per heavy atom. The Morgan fingerprint density at radius 3 is 2.23 bits per heavy atom.